The number of hydrogen-bond donors (Lipinski definition) is 2. The summed E-state index contributed by atoms with van der Waals surface area (Å²) < 4.78 is 20.4. The van der Waals surface area contributed by atoms with Crippen molar-refractivity contribution in [2.75, 3.05) is 20.2 Å². The van der Waals surface area contributed by atoms with Gasteiger partial charge in [-0.05, 0) is 63.0 Å². The van der Waals surface area contributed by atoms with E-state index in [-0.39, 0.29) is 11.9 Å². The molecular weight excluding hydrogens is 558 g/mol. The number of fused-ring (bicyclic) bond motifs is 2. The van der Waals surface area contributed by atoms with Gasteiger partial charge in [0.25, 0.3) is 5.79 Å². The Hall–Kier alpha value is -3.93. The zero-order valence-electron chi connectivity index (χ0n) is 23.8. The van der Waals surface area contributed by atoms with Crippen LogP contribution in [0.2, 0.25) is 5.02 Å². The van der Waals surface area contributed by atoms with Crippen LogP contribution >= 0.6 is 11.6 Å². The number of halogens is 1. The minimum atomic E-state index is -1.01. The molecule has 0 bridgehead atoms. The van der Waals surface area contributed by atoms with Gasteiger partial charge in [0.2, 0.25) is 0 Å². The Balaban J connectivity index is 1.18. The number of para-hydroxylation sites is 1. The molecule has 1 fully saturated rings. The van der Waals surface area contributed by atoms with Crippen LogP contribution in [0.15, 0.2) is 53.9 Å². The summed E-state index contributed by atoms with van der Waals surface area (Å²) in [6.07, 6.45) is 5.26. The van der Waals surface area contributed by atoms with Gasteiger partial charge in [0.1, 0.15) is 17.2 Å². The van der Waals surface area contributed by atoms with E-state index < -0.39 is 5.79 Å². The Morgan fingerprint density at radius 2 is 2.02 bits per heavy atom. The molecule has 12 heteroatoms. The second kappa shape index (κ2) is 11.4. The Morgan fingerprint density at radius 1 is 1.21 bits per heavy atom. The molecule has 0 spiro atoms. The predicted octanol–water partition coefficient (Wildman–Crippen LogP) is 4.63. The van der Waals surface area contributed by atoms with Gasteiger partial charge in [0.05, 0.1) is 41.4 Å². The molecule has 2 aliphatic heterocycles. The molecule has 0 amide bonds. The number of methoxy groups -OCH3 is 1. The highest BCUT2D eigenvalue weighted by atomic mass is 35.5. The molecule has 11 nitrogen and oxygen atoms in total. The molecule has 0 aliphatic carbocycles. The summed E-state index contributed by atoms with van der Waals surface area (Å²) in [5.41, 5.74) is 9.62. The topological polar surface area (TPSA) is 133 Å². The lowest BCUT2D eigenvalue weighted by atomic mass is 9.88. The molecule has 1 unspecified atom stereocenters. The lowest BCUT2D eigenvalue weighted by Crippen LogP contribution is -2.34. The summed E-state index contributed by atoms with van der Waals surface area (Å²) in [4.78, 5) is 16.2. The highest BCUT2D eigenvalue weighted by Crippen LogP contribution is 2.49. The molecule has 2 aliphatic rings. The number of oxime groups is 1. The van der Waals surface area contributed by atoms with E-state index in [2.05, 4.69) is 30.7 Å². The molecule has 1 aromatic carbocycles. The van der Waals surface area contributed by atoms with Crippen molar-refractivity contribution in [3.05, 3.63) is 76.6 Å². The average Bonchev–Trinajstić information content (AvgIpc) is 3.53. The SMILES string of the molecule is CO[C@@H](C)Cn1c(CN2CCC(c3cccc4c3OC(C)(c3ccc(Cl)cn3)O4)CC2)nc2cc(C(N)=NO)ncc21. The fraction of sp³-hybridized carbons (Fsp3) is 0.400. The number of hydrogen-bond acceptors (Lipinski definition) is 9. The number of amidine groups is 1. The Morgan fingerprint density at radius 3 is 2.74 bits per heavy atom. The van der Waals surface area contributed by atoms with Crippen LogP contribution in [0, 0.1) is 0 Å². The third kappa shape index (κ3) is 5.35. The van der Waals surface area contributed by atoms with E-state index in [1.54, 1.807) is 31.6 Å². The van der Waals surface area contributed by atoms with Crippen molar-refractivity contribution in [3.8, 4) is 11.5 Å². The number of aromatic nitrogens is 4. The van der Waals surface area contributed by atoms with Gasteiger partial charge in [-0.1, -0.05) is 28.9 Å². The van der Waals surface area contributed by atoms with E-state index in [9.17, 15) is 0 Å². The fourth-order valence-electron chi connectivity index (χ4n) is 5.74. The molecule has 220 valence electrons. The summed E-state index contributed by atoms with van der Waals surface area (Å²) in [6.45, 7) is 7.04. The summed E-state index contributed by atoms with van der Waals surface area (Å²) in [7, 11) is 1.70. The molecule has 6 rings (SSSR count). The van der Waals surface area contributed by atoms with Crippen LogP contribution in [0.4, 0.5) is 0 Å². The molecule has 2 atom stereocenters. The zero-order chi connectivity index (χ0) is 29.4. The van der Waals surface area contributed by atoms with Crippen molar-refractivity contribution >= 4 is 28.5 Å². The Bertz CT molecular complexity index is 1620. The quantitative estimate of drug-likeness (QED) is 0.130. The normalized spacial score (nSPS) is 20.3. The van der Waals surface area contributed by atoms with Gasteiger partial charge in [0, 0.05) is 25.8 Å². The third-order valence-corrected chi connectivity index (χ3v) is 8.35. The van der Waals surface area contributed by atoms with Gasteiger partial charge in [-0.2, -0.15) is 0 Å². The number of benzene rings is 1. The first-order valence-electron chi connectivity index (χ1n) is 14.0. The van der Waals surface area contributed by atoms with Crippen molar-refractivity contribution in [1.82, 2.24) is 24.4 Å². The third-order valence-electron chi connectivity index (χ3n) is 8.12. The number of piperidine rings is 1. The molecule has 42 heavy (non-hydrogen) atoms. The predicted molar refractivity (Wildman–Crippen MR) is 158 cm³/mol. The number of rotatable bonds is 8. The Kier molecular flexibility index (Phi) is 7.65. The molecule has 0 radical (unpaired) electrons. The van der Waals surface area contributed by atoms with E-state index in [4.69, 9.17) is 41.7 Å². The summed E-state index contributed by atoms with van der Waals surface area (Å²) in [5.74, 6) is 1.72. The molecular formula is C30H34ClN7O4. The molecule has 3 aromatic heterocycles. The Labute approximate surface area is 248 Å². The lowest BCUT2D eigenvalue weighted by molar-refractivity contribution is -0.0722. The summed E-state index contributed by atoms with van der Waals surface area (Å²) in [5, 5.41) is 12.7. The van der Waals surface area contributed by atoms with E-state index in [1.807, 2.05) is 32.0 Å². The number of imidazole rings is 1. The second-order valence-corrected chi connectivity index (χ2v) is 11.4. The van der Waals surface area contributed by atoms with Crippen molar-refractivity contribution in [2.24, 2.45) is 10.9 Å². The number of pyridine rings is 2. The number of nitrogens with zero attached hydrogens (tertiary/aromatic N) is 6. The fourth-order valence-corrected chi connectivity index (χ4v) is 5.85. The first-order chi connectivity index (χ1) is 20.3. The minimum absolute atomic E-state index is 0.00760. The summed E-state index contributed by atoms with van der Waals surface area (Å²) >= 11 is 6.04. The number of nitrogens with two attached hydrogens (primary N) is 1. The van der Waals surface area contributed by atoms with E-state index >= 15 is 0 Å². The highest BCUT2D eigenvalue weighted by molar-refractivity contribution is 6.30. The van der Waals surface area contributed by atoms with Gasteiger partial charge in [-0.25, -0.2) is 4.98 Å². The highest BCUT2D eigenvalue weighted by Gasteiger charge is 2.42. The molecule has 3 N–H and O–H groups in total. The number of likely N-dealkylation sites (tertiary alicyclic amines) is 1. The summed E-state index contributed by atoms with van der Waals surface area (Å²) in [6, 6.07) is 11.5. The van der Waals surface area contributed by atoms with Crippen molar-refractivity contribution in [1.29, 1.82) is 0 Å². The van der Waals surface area contributed by atoms with Gasteiger partial charge in [-0.15, -0.1) is 0 Å². The molecule has 1 saturated heterocycles. The number of ether oxygens (including phenoxy) is 3. The van der Waals surface area contributed by atoms with Gasteiger partial charge in [0.15, 0.2) is 17.3 Å². The lowest BCUT2D eigenvalue weighted by Gasteiger charge is -2.32. The van der Waals surface area contributed by atoms with E-state index in [1.165, 1.54) is 0 Å². The van der Waals surface area contributed by atoms with Crippen molar-refractivity contribution in [3.63, 3.8) is 0 Å². The molecule has 0 saturated carbocycles. The average molecular weight is 592 g/mol. The zero-order valence-corrected chi connectivity index (χ0v) is 24.6. The first-order valence-corrected chi connectivity index (χ1v) is 14.4. The van der Waals surface area contributed by atoms with Crippen LogP contribution in [0.25, 0.3) is 11.0 Å². The van der Waals surface area contributed by atoms with E-state index in [0.717, 1.165) is 59.9 Å². The van der Waals surface area contributed by atoms with Crippen LogP contribution in [0.1, 0.15) is 55.4 Å². The van der Waals surface area contributed by atoms with Gasteiger partial charge < -0.3 is 29.7 Å². The van der Waals surface area contributed by atoms with Crippen LogP contribution < -0.4 is 15.2 Å². The van der Waals surface area contributed by atoms with Crippen molar-refractivity contribution < 1.29 is 19.4 Å². The van der Waals surface area contributed by atoms with Gasteiger partial charge in [-0.3, -0.25) is 14.9 Å². The van der Waals surface area contributed by atoms with Crippen LogP contribution in [-0.2, 0) is 23.6 Å². The van der Waals surface area contributed by atoms with E-state index in [0.29, 0.717) is 35.4 Å². The van der Waals surface area contributed by atoms with Crippen LogP contribution in [0.5, 0.6) is 11.5 Å². The standard InChI is InChI=1S/C30H34ClN7O4/c1-18(40-3)16-38-24-15-33-23(29(32)36-39)13-22(24)35-27(38)17-37-11-9-19(10-12-37)21-5-4-6-25-28(21)42-30(2,41-25)26-8-7-20(31)14-34-26/h4-8,13-15,18-19,39H,9-12,16-17H2,1-3H3,(H2,32,36)/t18-,30?/m0/s1. The minimum Gasteiger partial charge on any atom is -0.443 e. The molecule has 4 aromatic rings. The van der Waals surface area contributed by atoms with Gasteiger partial charge >= 0.3 is 0 Å². The maximum Gasteiger partial charge on any atom is 0.292 e. The van der Waals surface area contributed by atoms with Crippen molar-refractivity contribution in [2.45, 2.75) is 57.6 Å². The van der Waals surface area contributed by atoms with Crippen LogP contribution in [0.3, 0.4) is 0 Å². The first kappa shape index (κ1) is 28.2. The second-order valence-electron chi connectivity index (χ2n) is 11.0. The van der Waals surface area contributed by atoms with Crippen LogP contribution in [-0.4, -0.2) is 61.8 Å². The largest absolute Gasteiger partial charge is 0.443 e. The molecule has 5 heterocycles. The maximum atomic E-state index is 9.08. The monoisotopic (exact) mass is 591 g/mol. The maximum absolute atomic E-state index is 9.08. The smallest absolute Gasteiger partial charge is 0.292 e.